The predicted molar refractivity (Wildman–Crippen MR) is 116 cm³/mol. The molecule has 0 spiro atoms. The highest BCUT2D eigenvalue weighted by Gasteiger charge is 2.10. The van der Waals surface area contributed by atoms with Gasteiger partial charge in [-0.3, -0.25) is 14.7 Å². The predicted octanol–water partition coefficient (Wildman–Crippen LogP) is 3.16. The molecular weight excluding hydrogens is 380 g/mol. The summed E-state index contributed by atoms with van der Waals surface area (Å²) in [5.41, 5.74) is 3.88. The first-order chi connectivity index (χ1) is 14.6. The zero-order valence-corrected chi connectivity index (χ0v) is 16.3. The standard InChI is InChI=1S/C23H20N4O3/c1-16-21(23(29)27(26-16)19-9-3-2-4-10-19)14-24-25-22(28)15-30-20-12-11-17-7-5-6-8-18(17)13-20/h2-14,26H,15H2,1H3,(H,25,28). The van der Waals surface area contributed by atoms with Gasteiger partial charge in [0.15, 0.2) is 6.61 Å². The molecule has 0 aliphatic carbocycles. The molecule has 30 heavy (non-hydrogen) atoms. The van der Waals surface area contributed by atoms with Gasteiger partial charge in [0, 0.05) is 5.69 Å². The van der Waals surface area contributed by atoms with Crippen molar-refractivity contribution < 1.29 is 9.53 Å². The van der Waals surface area contributed by atoms with E-state index in [0.29, 0.717) is 17.0 Å². The lowest BCUT2D eigenvalue weighted by Gasteiger charge is -2.06. The average molecular weight is 400 g/mol. The van der Waals surface area contributed by atoms with Crippen molar-refractivity contribution in [1.29, 1.82) is 0 Å². The number of hydrogen-bond acceptors (Lipinski definition) is 4. The minimum Gasteiger partial charge on any atom is -0.484 e. The van der Waals surface area contributed by atoms with Gasteiger partial charge in [-0.25, -0.2) is 10.1 Å². The number of carbonyl (C=O) groups is 1. The molecule has 7 nitrogen and oxygen atoms in total. The molecular formula is C23H20N4O3. The third-order valence-electron chi connectivity index (χ3n) is 4.61. The van der Waals surface area contributed by atoms with Gasteiger partial charge >= 0.3 is 0 Å². The highest BCUT2D eigenvalue weighted by atomic mass is 16.5. The third-order valence-corrected chi connectivity index (χ3v) is 4.61. The first kappa shape index (κ1) is 19.2. The maximum Gasteiger partial charge on any atom is 0.280 e. The average Bonchev–Trinajstić information content (AvgIpc) is 3.06. The van der Waals surface area contributed by atoms with Crippen molar-refractivity contribution in [3.05, 3.63) is 94.4 Å². The topological polar surface area (TPSA) is 88.5 Å². The molecule has 1 amide bonds. The number of aromatic nitrogens is 2. The van der Waals surface area contributed by atoms with Gasteiger partial charge in [-0.2, -0.15) is 5.10 Å². The number of rotatable bonds is 6. The molecule has 3 aromatic carbocycles. The van der Waals surface area contributed by atoms with E-state index in [9.17, 15) is 9.59 Å². The highest BCUT2D eigenvalue weighted by molar-refractivity contribution is 5.85. The Hall–Kier alpha value is -4.13. The van der Waals surface area contributed by atoms with E-state index in [1.807, 2.05) is 72.8 Å². The smallest absolute Gasteiger partial charge is 0.280 e. The Kier molecular flexibility index (Phi) is 5.43. The fourth-order valence-corrected chi connectivity index (χ4v) is 3.08. The summed E-state index contributed by atoms with van der Waals surface area (Å²) in [5, 5.41) is 9.03. The van der Waals surface area contributed by atoms with E-state index in [0.717, 1.165) is 16.5 Å². The van der Waals surface area contributed by atoms with Crippen LogP contribution in [0.15, 0.2) is 82.7 Å². The number of nitrogens with zero attached hydrogens (tertiary/aromatic N) is 2. The number of amides is 1. The number of para-hydroxylation sites is 1. The van der Waals surface area contributed by atoms with Gasteiger partial charge in [0.1, 0.15) is 5.75 Å². The molecule has 0 bridgehead atoms. The summed E-state index contributed by atoms with van der Waals surface area (Å²) in [6, 6.07) is 22.8. The van der Waals surface area contributed by atoms with E-state index in [1.165, 1.54) is 10.9 Å². The fraction of sp³-hybridized carbons (Fsp3) is 0.0870. The van der Waals surface area contributed by atoms with Gasteiger partial charge in [0.25, 0.3) is 11.5 Å². The number of benzene rings is 3. The molecule has 1 aromatic heterocycles. The minimum atomic E-state index is -0.420. The molecule has 0 aliphatic rings. The Morgan fingerprint density at radius 2 is 1.80 bits per heavy atom. The van der Waals surface area contributed by atoms with Crippen LogP contribution < -0.4 is 15.7 Å². The zero-order chi connectivity index (χ0) is 20.9. The first-order valence-electron chi connectivity index (χ1n) is 9.42. The molecule has 2 N–H and O–H groups in total. The molecule has 4 aromatic rings. The van der Waals surface area contributed by atoms with Crippen molar-refractivity contribution in [1.82, 2.24) is 15.2 Å². The lowest BCUT2D eigenvalue weighted by atomic mass is 10.1. The molecule has 150 valence electrons. The van der Waals surface area contributed by atoms with Gasteiger partial charge < -0.3 is 4.74 Å². The Labute approximate surface area is 172 Å². The van der Waals surface area contributed by atoms with E-state index in [-0.39, 0.29) is 12.2 Å². The number of fused-ring (bicyclic) bond motifs is 1. The van der Waals surface area contributed by atoms with Crippen LogP contribution in [0, 0.1) is 6.92 Å². The summed E-state index contributed by atoms with van der Waals surface area (Å²) in [6.07, 6.45) is 1.33. The van der Waals surface area contributed by atoms with Crippen molar-refractivity contribution in [2.75, 3.05) is 6.61 Å². The third kappa shape index (κ3) is 4.15. The largest absolute Gasteiger partial charge is 0.484 e. The summed E-state index contributed by atoms with van der Waals surface area (Å²) in [4.78, 5) is 24.6. The summed E-state index contributed by atoms with van der Waals surface area (Å²) >= 11 is 0. The van der Waals surface area contributed by atoms with Crippen LogP contribution in [0.3, 0.4) is 0 Å². The van der Waals surface area contributed by atoms with Gasteiger partial charge in [-0.1, -0.05) is 48.5 Å². The van der Waals surface area contributed by atoms with Crippen LogP contribution in [-0.2, 0) is 4.79 Å². The second kappa shape index (κ2) is 8.48. The molecule has 0 radical (unpaired) electrons. The van der Waals surface area contributed by atoms with Gasteiger partial charge in [0.05, 0.1) is 17.5 Å². The number of hydrogen-bond donors (Lipinski definition) is 2. The van der Waals surface area contributed by atoms with Crippen molar-refractivity contribution >= 4 is 22.9 Å². The first-order valence-corrected chi connectivity index (χ1v) is 9.42. The molecule has 0 saturated heterocycles. The van der Waals surface area contributed by atoms with E-state index >= 15 is 0 Å². The highest BCUT2D eigenvalue weighted by Crippen LogP contribution is 2.20. The van der Waals surface area contributed by atoms with Crippen molar-refractivity contribution in [3.63, 3.8) is 0 Å². The van der Waals surface area contributed by atoms with Crippen LogP contribution in [-0.4, -0.2) is 28.5 Å². The summed E-state index contributed by atoms with van der Waals surface area (Å²) in [5.74, 6) is 0.177. The zero-order valence-electron chi connectivity index (χ0n) is 16.3. The molecule has 0 saturated carbocycles. The Morgan fingerprint density at radius 3 is 2.60 bits per heavy atom. The SMILES string of the molecule is Cc1[nH]n(-c2ccccc2)c(=O)c1C=NNC(=O)COc1ccc2ccccc2c1. The molecule has 4 rings (SSSR count). The van der Waals surface area contributed by atoms with Gasteiger partial charge in [0.2, 0.25) is 0 Å². The summed E-state index contributed by atoms with van der Waals surface area (Å²) < 4.78 is 6.96. The molecule has 0 aliphatic heterocycles. The molecule has 7 heteroatoms. The van der Waals surface area contributed by atoms with Crippen molar-refractivity contribution in [2.24, 2.45) is 5.10 Å². The number of aryl methyl sites for hydroxylation is 1. The van der Waals surface area contributed by atoms with Crippen LogP contribution >= 0.6 is 0 Å². The molecule has 0 unspecified atom stereocenters. The second-order valence-corrected chi connectivity index (χ2v) is 6.72. The van der Waals surface area contributed by atoms with E-state index < -0.39 is 5.91 Å². The monoisotopic (exact) mass is 400 g/mol. The Morgan fingerprint density at radius 1 is 1.07 bits per heavy atom. The number of H-pyrrole nitrogens is 1. The Balaban J connectivity index is 1.38. The fourth-order valence-electron chi connectivity index (χ4n) is 3.08. The number of carbonyl (C=O) groups excluding carboxylic acids is 1. The lowest BCUT2D eigenvalue weighted by molar-refractivity contribution is -0.123. The number of nitrogens with one attached hydrogen (secondary N) is 2. The van der Waals surface area contributed by atoms with Crippen molar-refractivity contribution in [2.45, 2.75) is 6.92 Å². The van der Waals surface area contributed by atoms with Crippen LogP contribution in [0.1, 0.15) is 11.3 Å². The molecule has 1 heterocycles. The van der Waals surface area contributed by atoms with Gasteiger partial charge in [-0.15, -0.1) is 0 Å². The molecule has 0 atom stereocenters. The van der Waals surface area contributed by atoms with Crippen LogP contribution in [0.5, 0.6) is 5.75 Å². The quantitative estimate of drug-likeness (QED) is 0.385. The maximum absolute atomic E-state index is 12.6. The van der Waals surface area contributed by atoms with E-state index in [4.69, 9.17) is 4.74 Å². The second-order valence-electron chi connectivity index (χ2n) is 6.72. The Bertz CT molecular complexity index is 1270. The van der Waals surface area contributed by atoms with E-state index in [1.54, 1.807) is 6.92 Å². The van der Waals surface area contributed by atoms with Crippen molar-refractivity contribution in [3.8, 4) is 11.4 Å². The summed E-state index contributed by atoms with van der Waals surface area (Å²) in [6.45, 7) is 1.59. The normalized spacial score (nSPS) is 11.1. The van der Waals surface area contributed by atoms with Gasteiger partial charge in [-0.05, 0) is 42.0 Å². The van der Waals surface area contributed by atoms with Crippen LogP contribution in [0.2, 0.25) is 0 Å². The van der Waals surface area contributed by atoms with E-state index in [2.05, 4.69) is 15.6 Å². The number of aromatic amines is 1. The number of hydrazone groups is 1. The van der Waals surface area contributed by atoms with Crippen LogP contribution in [0.4, 0.5) is 0 Å². The van der Waals surface area contributed by atoms with Crippen LogP contribution in [0.25, 0.3) is 16.5 Å². The molecule has 0 fully saturated rings. The minimum absolute atomic E-state index is 0.184. The number of ether oxygens (including phenoxy) is 1. The maximum atomic E-state index is 12.6. The summed E-state index contributed by atoms with van der Waals surface area (Å²) in [7, 11) is 0. The lowest BCUT2D eigenvalue weighted by Crippen LogP contribution is -2.25.